The van der Waals surface area contributed by atoms with Crippen LogP contribution in [0.25, 0.3) is 0 Å². The fourth-order valence-corrected chi connectivity index (χ4v) is 1.93. The SMILES string of the molecule is CCOC(=O)c1[nH]ccc1NCc1ccccc1OC. The van der Waals surface area contributed by atoms with Gasteiger partial charge in [0.1, 0.15) is 11.4 Å². The summed E-state index contributed by atoms with van der Waals surface area (Å²) in [5, 5.41) is 3.21. The van der Waals surface area contributed by atoms with Gasteiger partial charge in [0.2, 0.25) is 0 Å². The van der Waals surface area contributed by atoms with Crippen molar-refractivity contribution in [3.63, 3.8) is 0 Å². The molecule has 2 rings (SSSR count). The Kier molecular flexibility index (Phi) is 4.65. The van der Waals surface area contributed by atoms with E-state index in [2.05, 4.69) is 10.3 Å². The molecule has 0 saturated carbocycles. The maximum absolute atomic E-state index is 11.7. The van der Waals surface area contributed by atoms with Crippen LogP contribution in [-0.2, 0) is 11.3 Å². The highest BCUT2D eigenvalue weighted by molar-refractivity contribution is 5.93. The number of rotatable bonds is 6. The Labute approximate surface area is 117 Å². The van der Waals surface area contributed by atoms with Crippen molar-refractivity contribution < 1.29 is 14.3 Å². The van der Waals surface area contributed by atoms with Gasteiger partial charge < -0.3 is 19.8 Å². The van der Waals surface area contributed by atoms with Gasteiger partial charge in [-0.25, -0.2) is 4.79 Å². The number of H-pyrrole nitrogens is 1. The number of aromatic amines is 1. The molecular weight excluding hydrogens is 256 g/mol. The van der Waals surface area contributed by atoms with Crippen molar-refractivity contribution in [2.24, 2.45) is 0 Å². The average molecular weight is 274 g/mol. The van der Waals surface area contributed by atoms with Crippen molar-refractivity contribution in [1.82, 2.24) is 4.98 Å². The Morgan fingerprint density at radius 3 is 2.85 bits per heavy atom. The second kappa shape index (κ2) is 6.65. The summed E-state index contributed by atoms with van der Waals surface area (Å²) in [6.07, 6.45) is 1.71. The van der Waals surface area contributed by atoms with Crippen LogP contribution in [0.4, 0.5) is 5.69 Å². The Balaban J connectivity index is 2.08. The van der Waals surface area contributed by atoms with Crippen LogP contribution in [0.2, 0.25) is 0 Å². The van der Waals surface area contributed by atoms with Crippen LogP contribution >= 0.6 is 0 Å². The summed E-state index contributed by atoms with van der Waals surface area (Å²) in [7, 11) is 1.64. The van der Waals surface area contributed by atoms with Crippen LogP contribution in [0.5, 0.6) is 5.75 Å². The van der Waals surface area contributed by atoms with Gasteiger partial charge >= 0.3 is 5.97 Å². The molecule has 1 aromatic heterocycles. The van der Waals surface area contributed by atoms with Crippen LogP contribution < -0.4 is 10.1 Å². The Hall–Kier alpha value is -2.43. The highest BCUT2D eigenvalue weighted by Gasteiger charge is 2.13. The molecule has 0 aliphatic rings. The summed E-state index contributed by atoms with van der Waals surface area (Å²) in [4.78, 5) is 14.6. The monoisotopic (exact) mass is 274 g/mol. The van der Waals surface area contributed by atoms with Gasteiger partial charge in [-0.1, -0.05) is 18.2 Å². The second-order valence-corrected chi connectivity index (χ2v) is 4.15. The molecule has 0 unspecified atom stereocenters. The molecule has 2 N–H and O–H groups in total. The molecule has 0 radical (unpaired) electrons. The van der Waals surface area contributed by atoms with Gasteiger partial charge in [-0.3, -0.25) is 0 Å². The van der Waals surface area contributed by atoms with Crippen LogP contribution in [0.3, 0.4) is 0 Å². The Morgan fingerprint density at radius 2 is 2.10 bits per heavy atom. The second-order valence-electron chi connectivity index (χ2n) is 4.15. The minimum absolute atomic E-state index is 0.351. The number of anilines is 1. The first-order valence-corrected chi connectivity index (χ1v) is 6.46. The molecule has 0 fully saturated rings. The van der Waals surface area contributed by atoms with E-state index < -0.39 is 0 Å². The van der Waals surface area contributed by atoms with Crippen LogP contribution in [0.15, 0.2) is 36.5 Å². The number of hydrogen-bond donors (Lipinski definition) is 2. The average Bonchev–Trinajstić information content (AvgIpc) is 2.94. The number of benzene rings is 1. The molecule has 0 bridgehead atoms. The smallest absolute Gasteiger partial charge is 0.356 e. The lowest BCUT2D eigenvalue weighted by Crippen LogP contribution is -2.09. The lowest BCUT2D eigenvalue weighted by Gasteiger charge is -2.10. The Morgan fingerprint density at radius 1 is 1.30 bits per heavy atom. The van der Waals surface area contributed by atoms with Gasteiger partial charge in [-0.15, -0.1) is 0 Å². The van der Waals surface area contributed by atoms with Crippen molar-refractivity contribution in [1.29, 1.82) is 0 Å². The first-order valence-electron chi connectivity index (χ1n) is 6.46. The van der Waals surface area contributed by atoms with E-state index in [1.54, 1.807) is 20.2 Å². The van der Waals surface area contributed by atoms with Crippen molar-refractivity contribution in [2.45, 2.75) is 13.5 Å². The van der Waals surface area contributed by atoms with Crippen molar-refractivity contribution >= 4 is 11.7 Å². The van der Waals surface area contributed by atoms with Crippen LogP contribution in [0.1, 0.15) is 23.0 Å². The van der Waals surface area contributed by atoms with Gasteiger partial charge in [0, 0.05) is 18.3 Å². The third-order valence-electron chi connectivity index (χ3n) is 2.89. The predicted octanol–water partition coefficient (Wildman–Crippen LogP) is 2.81. The number of ether oxygens (including phenoxy) is 2. The van der Waals surface area contributed by atoms with Gasteiger partial charge in [0.15, 0.2) is 0 Å². The molecular formula is C15H18N2O3. The number of nitrogens with one attached hydrogen (secondary N) is 2. The van der Waals surface area contributed by atoms with E-state index in [-0.39, 0.29) is 5.97 Å². The van der Waals surface area contributed by atoms with E-state index in [1.807, 2.05) is 30.3 Å². The van der Waals surface area contributed by atoms with E-state index >= 15 is 0 Å². The first kappa shape index (κ1) is 14.0. The summed E-state index contributed by atoms with van der Waals surface area (Å²) >= 11 is 0. The maximum Gasteiger partial charge on any atom is 0.356 e. The standard InChI is InChI=1S/C15H18N2O3/c1-3-20-15(18)14-12(8-9-16-14)17-10-11-6-4-5-7-13(11)19-2/h4-9,16-17H,3,10H2,1-2H3. The van der Waals surface area contributed by atoms with E-state index in [4.69, 9.17) is 9.47 Å². The molecule has 0 aliphatic heterocycles. The zero-order chi connectivity index (χ0) is 14.4. The highest BCUT2D eigenvalue weighted by Crippen LogP contribution is 2.20. The van der Waals surface area contributed by atoms with Gasteiger partial charge in [0.25, 0.3) is 0 Å². The molecule has 0 saturated heterocycles. The zero-order valence-electron chi connectivity index (χ0n) is 11.6. The number of carbonyl (C=O) groups is 1. The minimum atomic E-state index is -0.361. The summed E-state index contributed by atoms with van der Waals surface area (Å²) < 4.78 is 10.3. The summed E-state index contributed by atoms with van der Waals surface area (Å²) in [6.45, 7) is 2.70. The van der Waals surface area contributed by atoms with Crippen molar-refractivity contribution in [3.05, 3.63) is 47.8 Å². The predicted molar refractivity (Wildman–Crippen MR) is 77.1 cm³/mol. The fourth-order valence-electron chi connectivity index (χ4n) is 1.93. The molecule has 2 aromatic rings. The van der Waals surface area contributed by atoms with E-state index in [0.717, 1.165) is 11.3 Å². The normalized spacial score (nSPS) is 10.1. The lowest BCUT2D eigenvalue weighted by atomic mass is 10.2. The quantitative estimate of drug-likeness (QED) is 0.795. The fraction of sp³-hybridized carbons (Fsp3) is 0.267. The topological polar surface area (TPSA) is 63.4 Å². The molecule has 0 aliphatic carbocycles. The number of methoxy groups -OCH3 is 1. The molecule has 0 amide bonds. The summed E-state index contributed by atoms with van der Waals surface area (Å²) in [6, 6.07) is 9.55. The highest BCUT2D eigenvalue weighted by atomic mass is 16.5. The zero-order valence-corrected chi connectivity index (χ0v) is 11.6. The number of aromatic nitrogens is 1. The first-order chi connectivity index (χ1) is 9.76. The third-order valence-corrected chi connectivity index (χ3v) is 2.89. The van der Waals surface area contributed by atoms with E-state index in [1.165, 1.54) is 0 Å². The van der Waals surface area contributed by atoms with E-state index in [9.17, 15) is 4.79 Å². The van der Waals surface area contributed by atoms with Crippen LogP contribution in [-0.4, -0.2) is 24.7 Å². The lowest BCUT2D eigenvalue weighted by molar-refractivity contribution is 0.0521. The number of para-hydroxylation sites is 1. The minimum Gasteiger partial charge on any atom is -0.496 e. The molecule has 1 heterocycles. The number of esters is 1. The van der Waals surface area contributed by atoms with E-state index in [0.29, 0.717) is 24.5 Å². The summed E-state index contributed by atoms with van der Waals surface area (Å²) in [5.41, 5.74) is 2.17. The van der Waals surface area contributed by atoms with Crippen LogP contribution in [0, 0.1) is 0 Å². The molecule has 106 valence electrons. The van der Waals surface area contributed by atoms with Gasteiger partial charge in [-0.2, -0.15) is 0 Å². The molecule has 5 heteroatoms. The molecule has 5 nitrogen and oxygen atoms in total. The molecule has 20 heavy (non-hydrogen) atoms. The van der Waals surface area contributed by atoms with Crippen molar-refractivity contribution in [3.8, 4) is 5.75 Å². The van der Waals surface area contributed by atoms with Gasteiger partial charge in [-0.05, 0) is 19.1 Å². The molecule has 1 aromatic carbocycles. The third kappa shape index (κ3) is 3.12. The molecule has 0 spiro atoms. The maximum atomic E-state index is 11.7. The largest absolute Gasteiger partial charge is 0.496 e. The number of carbonyl (C=O) groups excluding carboxylic acids is 1. The van der Waals surface area contributed by atoms with Gasteiger partial charge in [0.05, 0.1) is 19.4 Å². The molecule has 0 atom stereocenters. The van der Waals surface area contributed by atoms with Crippen molar-refractivity contribution in [2.75, 3.05) is 19.0 Å². The number of hydrogen-bond acceptors (Lipinski definition) is 4. The summed E-state index contributed by atoms with van der Waals surface area (Å²) in [5.74, 6) is 0.452. The Bertz CT molecular complexity index is 578.